The molecule has 1 heterocycles. The predicted molar refractivity (Wildman–Crippen MR) is 89.3 cm³/mol. The topological polar surface area (TPSA) is 20.3 Å². The lowest BCUT2D eigenvalue weighted by atomic mass is 9.48. The lowest BCUT2D eigenvalue weighted by Crippen LogP contribution is -2.60. The molecular formula is C20H30FNO. The monoisotopic (exact) mass is 319 g/mol. The Balaban J connectivity index is 1.72. The van der Waals surface area contributed by atoms with Gasteiger partial charge in [-0.2, -0.15) is 0 Å². The molecule has 3 saturated carbocycles. The predicted octanol–water partition coefficient (Wildman–Crippen LogP) is 4.56. The normalized spacial score (nSPS) is 52.6. The zero-order valence-corrected chi connectivity index (χ0v) is 14.9. The van der Waals surface area contributed by atoms with E-state index in [0.717, 1.165) is 18.3 Å². The Labute approximate surface area is 139 Å². The van der Waals surface area contributed by atoms with Crippen LogP contribution in [-0.4, -0.2) is 23.9 Å². The Morgan fingerprint density at radius 1 is 1.13 bits per heavy atom. The van der Waals surface area contributed by atoms with E-state index in [-0.39, 0.29) is 11.5 Å². The molecule has 2 nitrogen and oxygen atoms in total. The second-order valence-electron chi connectivity index (χ2n) is 9.27. The van der Waals surface area contributed by atoms with E-state index in [1.807, 2.05) is 0 Å². The lowest BCUT2D eigenvalue weighted by molar-refractivity contribution is -0.142. The molecule has 0 aromatic rings. The van der Waals surface area contributed by atoms with Crippen molar-refractivity contribution in [2.45, 2.75) is 65.3 Å². The van der Waals surface area contributed by atoms with Crippen molar-refractivity contribution in [2.24, 2.45) is 34.5 Å². The summed E-state index contributed by atoms with van der Waals surface area (Å²) in [7, 11) is 1.79. The first-order chi connectivity index (χ1) is 10.8. The summed E-state index contributed by atoms with van der Waals surface area (Å²) in [5.74, 6) is 1.92. The van der Waals surface area contributed by atoms with Crippen molar-refractivity contribution >= 4 is 5.91 Å². The Bertz CT molecular complexity index is 572. The van der Waals surface area contributed by atoms with E-state index in [0.29, 0.717) is 17.3 Å². The fourth-order valence-corrected chi connectivity index (χ4v) is 7.09. The number of nitrogens with zero attached hydrogens (tertiary/aromatic N) is 1. The van der Waals surface area contributed by atoms with Gasteiger partial charge in [0, 0.05) is 18.5 Å². The molecule has 4 rings (SSSR count). The maximum Gasteiger partial charge on any atom is 0.282 e. The van der Waals surface area contributed by atoms with Gasteiger partial charge in [-0.3, -0.25) is 4.79 Å². The van der Waals surface area contributed by atoms with Gasteiger partial charge < -0.3 is 4.90 Å². The van der Waals surface area contributed by atoms with E-state index < -0.39 is 11.7 Å². The SMILES string of the molecule is CC1CCC2C3CCC4N(C)C(=O)C(F)=CC4(C)C3CCC12C. The Morgan fingerprint density at radius 3 is 2.61 bits per heavy atom. The van der Waals surface area contributed by atoms with E-state index in [1.54, 1.807) is 18.0 Å². The van der Waals surface area contributed by atoms with Gasteiger partial charge >= 0.3 is 0 Å². The minimum Gasteiger partial charge on any atom is -0.336 e. The van der Waals surface area contributed by atoms with Gasteiger partial charge in [-0.1, -0.05) is 20.8 Å². The van der Waals surface area contributed by atoms with Crippen LogP contribution in [0.15, 0.2) is 11.9 Å². The van der Waals surface area contributed by atoms with Gasteiger partial charge in [0.1, 0.15) is 0 Å². The van der Waals surface area contributed by atoms with Gasteiger partial charge in [-0.25, -0.2) is 4.39 Å². The molecule has 0 saturated heterocycles. The summed E-state index contributed by atoms with van der Waals surface area (Å²) in [5, 5.41) is 0. The maximum atomic E-state index is 14.3. The summed E-state index contributed by atoms with van der Waals surface area (Å²) in [6, 6.07) is 0.180. The molecule has 3 fully saturated rings. The second kappa shape index (κ2) is 4.83. The Hall–Kier alpha value is -0.860. The quantitative estimate of drug-likeness (QED) is 0.641. The van der Waals surface area contributed by atoms with Crippen LogP contribution in [0.5, 0.6) is 0 Å². The molecule has 0 N–H and O–H groups in total. The van der Waals surface area contributed by atoms with Gasteiger partial charge in [-0.05, 0) is 73.7 Å². The number of hydrogen-bond donors (Lipinski definition) is 0. The molecule has 0 radical (unpaired) electrons. The third-order valence-electron chi connectivity index (χ3n) is 8.63. The van der Waals surface area contributed by atoms with Crippen molar-refractivity contribution in [3.8, 4) is 0 Å². The Morgan fingerprint density at radius 2 is 1.87 bits per heavy atom. The zero-order chi connectivity index (χ0) is 16.6. The average Bonchev–Trinajstić information content (AvgIpc) is 2.80. The van der Waals surface area contributed by atoms with Gasteiger partial charge in [0.05, 0.1) is 0 Å². The molecule has 0 spiro atoms. The summed E-state index contributed by atoms with van der Waals surface area (Å²) < 4.78 is 14.3. The first-order valence-corrected chi connectivity index (χ1v) is 9.44. The first kappa shape index (κ1) is 15.7. The molecule has 7 atom stereocenters. The number of carbonyl (C=O) groups is 1. The number of amides is 1. The second-order valence-corrected chi connectivity index (χ2v) is 9.27. The summed E-state index contributed by atoms with van der Waals surface area (Å²) in [6.07, 6.45) is 9.12. The van der Waals surface area contributed by atoms with Crippen LogP contribution in [0.25, 0.3) is 0 Å². The highest BCUT2D eigenvalue weighted by molar-refractivity contribution is 5.92. The van der Waals surface area contributed by atoms with Gasteiger partial charge in [-0.15, -0.1) is 0 Å². The van der Waals surface area contributed by atoms with Gasteiger partial charge in [0.2, 0.25) is 0 Å². The number of likely N-dealkylation sites (N-methyl/N-ethyl adjacent to an activating group) is 1. The molecule has 128 valence electrons. The summed E-state index contributed by atoms with van der Waals surface area (Å²) in [5.41, 5.74) is 0.311. The number of rotatable bonds is 0. The fourth-order valence-electron chi connectivity index (χ4n) is 7.09. The minimum absolute atomic E-state index is 0.178. The molecule has 7 unspecified atom stereocenters. The molecule has 0 aromatic heterocycles. The Kier molecular flexibility index (Phi) is 3.29. The van der Waals surface area contributed by atoms with Crippen molar-refractivity contribution in [1.82, 2.24) is 4.90 Å². The van der Waals surface area contributed by atoms with Crippen molar-refractivity contribution < 1.29 is 9.18 Å². The minimum atomic E-state index is -0.528. The number of fused-ring (bicyclic) bond motifs is 5. The smallest absolute Gasteiger partial charge is 0.282 e. The first-order valence-electron chi connectivity index (χ1n) is 9.44. The fraction of sp³-hybridized carbons (Fsp3) is 0.850. The maximum absolute atomic E-state index is 14.3. The van der Waals surface area contributed by atoms with Gasteiger partial charge in [0.25, 0.3) is 5.91 Å². The van der Waals surface area contributed by atoms with Crippen LogP contribution < -0.4 is 0 Å². The molecule has 0 bridgehead atoms. The van der Waals surface area contributed by atoms with Gasteiger partial charge in [0.15, 0.2) is 5.83 Å². The summed E-state index contributed by atoms with van der Waals surface area (Å²) in [4.78, 5) is 13.7. The summed E-state index contributed by atoms with van der Waals surface area (Å²) in [6.45, 7) is 7.16. The lowest BCUT2D eigenvalue weighted by Gasteiger charge is -2.60. The van der Waals surface area contributed by atoms with Crippen molar-refractivity contribution in [3.63, 3.8) is 0 Å². The molecule has 1 amide bonds. The number of halogens is 1. The van der Waals surface area contributed by atoms with Crippen LogP contribution >= 0.6 is 0 Å². The third-order valence-corrected chi connectivity index (χ3v) is 8.63. The molecule has 4 aliphatic rings. The summed E-state index contributed by atoms with van der Waals surface area (Å²) >= 11 is 0. The number of hydrogen-bond acceptors (Lipinski definition) is 1. The average molecular weight is 319 g/mol. The van der Waals surface area contributed by atoms with Crippen LogP contribution in [0, 0.1) is 34.5 Å². The molecule has 1 aliphatic heterocycles. The molecular weight excluding hydrogens is 289 g/mol. The van der Waals surface area contributed by atoms with E-state index >= 15 is 0 Å². The van der Waals surface area contributed by atoms with Crippen LogP contribution in [0.4, 0.5) is 4.39 Å². The standard InChI is InChI=1S/C20H30FNO/c1-12-5-7-14-13-6-8-17-20(3,11-16(21)18(23)22(17)4)15(13)9-10-19(12,14)2/h11-15,17H,5-10H2,1-4H3. The number of carbonyl (C=O) groups excluding carboxylic acids is 1. The van der Waals surface area contributed by atoms with E-state index in [1.165, 1.54) is 32.1 Å². The van der Waals surface area contributed by atoms with Crippen molar-refractivity contribution in [3.05, 3.63) is 11.9 Å². The van der Waals surface area contributed by atoms with Crippen LogP contribution in [0.2, 0.25) is 0 Å². The highest BCUT2D eigenvalue weighted by Gasteiger charge is 2.60. The third kappa shape index (κ3) is 1.88. The zero-order valence-electron chi connectivity index (χ0n) is 14.9. The highest BCUT2D eigenvalue weighted by atomic mass is 19.1. The van der Waals surface area contributed by atoms with E-state index in [4.69, 9.17) is 0 Å². The molecule has 0 aromatic carbocycles. The molecule has 23 heavy (non-hydrogen) atoms. The van der Waals surface area contributed by atoms with E-state index in [9.17, 15) is 9.18 Å². The molecule has 3 aliphatic carbocycles. The highest BCUT2D eigenvalue weighted by Crippen LogP contribution is 2.65. The van der Waals surface area contributed by atoms with Crippen molar-refractivity contribution in [2.75, 3.05) is 7.05 Å². The van der Waals surface area contributed by atoms with Crippen LogP contribution in [-0.2, 0) is 4.79 Å². The largest absolute Gasteiger partial charge is 0.336 e. The van der Waals surface area contributed by atoms with Crippen LogP contribution in [0.1, 0.15) is 59.3 Å². The molecule has 3 heteroatoms. The van der Waals surface area contributed by atoms with E-state index in [2.05, 4.69) is 20.8 Å². The van der Waals surface area contributed by atoms with Crippen molar-refractivity contribution in [1.29, 1.82) is 0 Å². The van der Waals surface area contributed by atoms with Crippen LogP contribution in [0.3, 0.4) is 0 Å².